The summed E-state index contributed by atoms with van der Waals surface area (Å²) in [6.07, 6.45) is 3.78. The van der Waals surface area contributed by atoms with Gasteiger partial charge in [0.1, 0.15) is 5.82 Å². The van der Waals surface area contributed by atoms with Gasteiger partial charge >= 0.3 is 0 Å². The molecule has 0 spiro atoms. The smallest absolute Gasteiger partial charge is 0.225 e. The molecule has 1 aromatic carbocycles. The van der Waals surface area contributed by atoms with Crippen molar-refractivity contribution in [3.8, 4) is 0 Å². The summed E-state index contributed by atoms with van der Waals surface area (Å²) in [5.74, 6) is 1.80. The van der Waals surface area contributed by atoms with E-state index in [9.17, 15) is 4.79 Å². The zero-order valence-electron chi connectivity index (χ0n) is 14.6. The first-order valence-corrected chi connectivity index (χ1v) is 8.91. The van der Waals surface area contributed by atoms with Gasteiger partial charge in [-0.1, -0.05) is 19.1 Å². The number of aryl methyl sites for hydroxylation is 1. The number of rotatable bonds is 6. The minimum Gasteiger partial charge on any atom is -0.381 e. The molecule has 0 unspecified atom stereocenters. The molecule has 2 heterocycles. The van der Waals surface area contributed by atoms with Gasteiger partial charge in [-0.05, 0) is 37.3 Å². The number of hydrogen-bond donors (Lipinski definition) is 1. The van der Waals surface area contributed by atoms with Crippen molar-refractivity contribution in [3.05, 3.63) is 30.1 Å². The highest BCUT2D eigenvalue weighted by molar-refractivity contribution is 5.78. The van der Waals surface area contributed by atoms with Crippen LogP contribution in [0.1, 0.15) is 32.0 Å². The third-order valence-corrected chi connectivity index (χ3v) is 5.08. The number of benzene rings is 1. The summed E-state index contributed by atoms with van der Waals surface area (Å²) >= 11 is 0. The topological polar surface area (TPSA) is 58.2 Å². The monoisotopic (exact) mass is 329 g/mol. The quantitative estimate of drug-likeness (QED) is 0.886. The molecule has 5 heteroatoms. The van der Waals surface area contributed by atoms with Crippen LogP contribution in [0.5, 0.6) is 0 Å². The lowest BCUT2D eigenvalue weighted by molar-refractivity contribution is -0.136. The Bertz CT molecular complexity index is 643. The van der Waals surface area contributed by atoms with E-state index >= 15 is 0 Å². The highest BCUT2D eigenvalue weighted by Gasteiger charge is 2.27. The van der Waals surface area contributed by atoms with Crippen LogP contribution in [0.3, 0.4) is 0 Å². The van der Waals surface area contributed by atoms with Crippen molar-refractivity contribution in [1.29, 1.82) is 0 Å². The fourth-order valence-electron chi connectivity index (χ4n) is 3.48. The zero-order valence-corrected chi connectivity index (χ0v) is 14.6. The number of amides is 1. The van der Waals surface area contributed by atoms with Gasteiger partial charge in [0, 0.05) is 39.1 Å². The van der Waals surface area contributed by atoms with E-state index in [0.717, 1.165) is 62.3 Å². The summed E-state index contributed by atoms with van der Waals surface area (Å²) in [6, 6.07) is 8.06. The molecule has 1 fully saturated rings. The van der Waals surface area contributed by atoms with E-state index in [4.69, 9.17) is 4.74 Å². The fraction of sp³-hybridized carbons (Fsp3) is 0.579. The van der Waals surface area contributed by atoms with Crippen molar-refractivity contribution in [3.63, 3.8) is 0 Å². The molecule has 0 radical (unpaired) electrons. The Kier molecular flexibility index (Phi) is 5.51. The van der Waals surface area contributed by atoms with Gasteiger partial charge in [0.15, 0.2) is 0 Å². The summed E-state index contributed by atoms with van der Waals surface area (Å²) in [5, 5.41) is 0. The minimum atomic E-state index is 0.0881. The van der Waals surface area contributed by atoms with Crippen LogP contribution in [0.2, 0.25) is 0 Å². The first-order valence-electron chi connectivity index (χ1n) is 8.91. The molecule has 1 N–H and O–H groups in total. The zero-order chi connectivity index (χ0) is 16.9. The maximum absolute atomic E-state index is 12.6. The van der Waals surface area contributed by atoms with Gasteiger partial charge in [-0.2, -0.15) is 0 Å². The average Bonchev–Trinajstić information content (AvgIpc) is 3.03. The van der Waals surface area contributed by atoms with E-state index < -0.39 is 0 Å². The second kappa shape index (κ2) is 7.79. The van der Waals surface area contributed by atoms with Gasteiger partial charge in [-0.3, -0.25) is 4.79 Å². The number of para-hydroxylation sites is 2. The summed E-state index contributed by atoms with van der Waals surface area (Å²) < 4.78 is 5.39. The predicted molar refractivity (Wildman–Crippen MR) is 94.8 cm³/mol. The third-order valence-electron chi connectivity index (χ3n) is 5.08. The second-order valence-corrected chi connectivity index (χ2v) is 6.80. The van der Waals surface area contributed by atoms with Crippen molar-refractivity contribution in [2.24, 2.45) is 11.8 Å². The van der Waals surface area contributed by atoms with Crippen LogP contribution < -0.4 is 0 Å². The lowest BCUT2D eigenvalue weighted by atomic mass is 9.86. The molecule has 2 aromatic rings. The number of aromatic nitrogens is 2. The Hall–Kier alpha value is -1.88. The lowest BCUT2D eigenvalue weighted by Gasteiger charge is -2.30. The molecule has 1 aromatic heterocycles. The Balaban J connectivity index is 1.47. The van der Waals surface area contributed by atoms with Gasteiger partial charge in [0.25, 0.3) is 0 Å². The van der Waals surface area contributed by atoms with Crippen molar-refractivity contribution < 1.29 is 9.53 Å². The standard InChI is InChI=1S/C19H27N3O2/c1-14(15-9-12-24-13-10-15)19(23)22(2)11-5-8-18-20-16-6-3-4-7-17(16)21-18/h3-4,6-7,14-15H,5,8-13H2,1-2H3,(H,20,21)/t14-/m1/s1. The molecule has 3 rings (SSSR count). The molecule has 0 bridgehead atoms. The number of nitrogens with one attached hydrogen (secondary N) is 1. The van der Waals surface area contributed by atoms with Crippen molar-refractivity contribution in [2.45, 2.75) is 32.6 Å². The Morgan fingerprint density at radius 2 is 2.12 bits per heavy atom. The SMILES string of the molecule is C[C@@H](C(=O)N(C)CCCc1nc2ccccc2[nH]1)C1CCOCC1. The maximum atomic E-state index is 12.6. The average molecular weight is 329 g/mol. The molecular weight excluding hydrogens is 302 g/mol. The number of aromatic amines is 1. The van der Waals surface area contributed by atoms with E-state index in [-0.39, 0.29) is 11.8 Å². The molecule has 1 saturated heterocycles. The van der Waals surface area contributed by atoms with Crippen molar-refractivity contribution in [1.82, 2.24) is 14.9 Å². The highest BCUT2D eigenvalue weighted by atomic mass is 16.5. The summed E-state index contributed by atoms with van der Waals surface area (Å²) in [5.41, 5.74) is 2.08. The Morgan fingerprint density at radius 3 is 2.88 bits per heavy atom. The number of fused-ring (bicyclic) bond motifs is 1. The van der Waals surface area contributed by atoms with Crippen LogP contribution in [0, 0.1) is 11.8 Å². The normalized spacial score (nSPS) is 17.1. The third kappa shape index (κ3) is 3.96. The van der Waals surface area contributed by atoms with Crippen LogP contribution >= 0.6 is 0 Å². The molecule has 130 valence electrons. The number of carbonyl (C=O) groups excluding carboxylic acids is 1. The van der Waals surface area contributed by atoms with Crippen LogP contribution in [-0.2, 0) is 16.0 Å². The van der Waals surface area contributed by atoms with Gasteiger partial charge < -0.3 is 14.6 Å². The van der Waals surface area contributed by atoms with Gasteiger partial charge in [-0.25, -0.2) is 4.98 Å². The van der Waals surface area contributed by atoms with Crippen LogP contribution in [-0.4, -0.2) is 47.6 Å². The molecule has 0 aliphatic carbocycles. The number of nitrogens with zero attached hydrogens (tertiary/aromatic N) is 2. The first-order chi connectivity index (χ1) is 11.6. The molecule has 24 heavy (non-hydrogen) atoms. The van der Waals surface area contributed by atoms with E-state index in [0.29, 0.717) is 5.92 Å². The second-order valence-electron chi connectivity index (χ2n) is 6.80. The lowest BCUT2D eigenvalue weighted by Crippen LogP contribution is -2.37. The maximum Gasteiger partial charge on any atom is 0.225 e. The molecule has 1 aliphatic rings. The number of carbonyl (C=O) groups is 1. The first kappa shape index (κ1) is 17.0. The van der Waals surface area contributed by atoms with E-state index in [1.54, 1.807) is 0 Å². The van der Waals surface area contributed by atoms with Gasteiger partial charge in [0.2, 0.25) is 5.91 Å². The Morgan fingerprint density at radius 1 is 1.38 bits per heavy atom. The van der Waals surface area contributed by atoms with Gasteiger partial charge in [0.05, 0.1) is 11.0 Å². The summed E-state index contributed by atoms with van der Waals surface area (Å²) in [6.45, 7) is 4.41. The van der Waals surface area contributed by atoms with Crippen molar-refractivity contribution >= 4 is 16.9 Å². The molecule has 1 aliphatic heterocycles. The van der Waals surface area contributed by atoms with Gasteiger partial charge in [-0.15, -0.1) is 0 Å². The molecule has 5 nitrogen and oxygen atoms in total. The predicted octanol–water partition coefficient (Wildman–Crippen LogP) is 3.02. The molecule has 1 atom stereocenters. The fourth-order valence-corrected chi connectivity index (χ4v) is 3.48. The molecule has 1 amide bonds. The van der Waals surface area contributed by atoms with E-state index in [1.807, 2.05) is 36.2 Å². The number of hydrogen-bond acceptors (Lipinski definition) is 3. The van der Waals surface area contributed by atoms with Crippen LogP contribution in [0.4, 0.5) is 0 Å². The van der Waals surface area contributed by atoms with Crippen LogP contribution in [0.25, 0.3) is 11.0 Å². The highest BCUT2D eigenvalue weighted by Crippen LogP contribution is 2.25. The number of H-pyrrole nitrogens is 1. The molecular formula is C19H27N3O2. The van der Waals surface area contributed by atoms with Crippen LogP contribution in [0.15, 0.2) is 24.3 Å². The molecule has 0 saturated carbocycles. The summed E-state index contributed by atoms with van der Waals surface area (Å²) in [7, 11) is 1.91. The number of ether oxygens (including phenoxy) is 1. The largest absolute Gasteiger partial charge is 0.381 e. The van der Waals surface area contributed by atoms with Crippen molar-refractivity contribution in [2.75, 3.05) is 26.8 Å². The Labute approximate surface area is 143 Å². The number of imidazole rings is 1. The van der Waals surface area contributed by atoms with E-state index in [2.05, 4.69) is 16.9 Å². The minimum absolute atomic E-state index is 0.0881. The summed E-state index contributed by atoms with van der Waals surface area (Å²) in [4.78, 5) is 22.4. The van der Waals surface area contributed by atoms with E-state index in [1.165, 1.54) is 0 Å².